The molecule has 1 aliphatic heterocycles. The molecule has 6 heteroatoms. The van der Waals surface area contributed by atoms with Crippen LogP contribution >= 0.6 is 0 Å². The summed E-state index contributed by atoms with van der Waals surface area (Å²) in [4.78, 5) is 26.8. The number of hydrogen-bond acceptors (Lipinski definition) is 2. The van der Waals surface area contributed by atoms with Gasteiger partial charge in [0.1, 0.15) is 11.9 Å². The van der Waals surface area contributed by atoms with Crippen molar-refractivity contribution in [2.45, 2.75) is 25.3 Å². The van der Waals surface area contributed by atoms with Gasteiger partial charge in [0.25, 0.3) is 0 Å². The Kier molecular flexibility index (Phi) is 4.32. The van der Waals surface area contributed by atoms with Gasteiger partial charge in [-0.3, -0.25) is 4.79 Å². The molecule has 1 saturated heterocycles. The third-order valence-electron chi connectivity index (χ3n) is 5.02. The monoisotopic (exact) mass is 353 g/mol. The summed E-state index contributed by atoms with van der Waals surface area (Å²) in [5.74, 6) is -0.725. The van der Waals surface area contributed by atoms with E-state index in [1.54, 1.807) is 12.1 Å². The number of anilines is 1. The Balaban J connectivity index is 1.61. The Morgan fingerprint density at radius 3 is 2.88 bits per heavy atom. The molecule has 0 bridgehead atoms. The van der Waals surface area contributed by atoms with Crippen LogP contribution < -0.4 is 10.6 Å². The van der Waals surface area contributed by atoms with Crippen LogP contribution in [0.25, 0.3) is 0 Å². The lowest BCUT2D eigenvalue weighted by molar-refractivity contribution is -0.127. The average Bonchev–Trinajstić information content (AvgIpc) is 3.11. The van der Waals surface area contributed by atoms with Crippen molar-refractivity contribution in [3.05, 3.63) is 65.0 Å². The Morgan fingerprint density at radius 1 is 1.19 bits per heavy atom. The molecule has 1 heterocycles. The molecule has 3 amide bonds. The fourth-order valence-electron chi connectivity index (χ4n) is 3.82. The van der Waals surface area contributed by atoms with E-state index in [-0.39, 0.29) is 11.9 Å². The number of benzene rings is 2. The molecular weight excluding hydrogens is 333 g/mol. The van der Waals surface area contributed by atoms with E-state index in [1.807, 2.05) is 12.1 Å². The number of urea groups is 1. The SMILES string of the molecule is O=C1NCCN(C(=O)Nc2cccc3c2CCC3)[C@H]1c1cccc(F)c1. The summed E-state index contributed by atoms with van der Waals surface area (Å²) in [5, 5.41) is 5.72. The number of hydrogen-bond donors (Lipinski definition) is 2. The zero-order valence-electron chi connectivity index (χ0n) is 14.3. The fourth-order valence-corrected chi connectivity index (χ4v) is 3.82. The lowest BCUT2D eigenvalue weighted by Gasteiger charge is -2.35. The summed E-state index contributed by atoms with van der Waals surface area (Å²) in [6.07, 6.45) is 3.05. The normalized spacial score (nSPS) is 19.0. The number of carbonyl (C=O) groups is 2. The van der Waals surface area contributed by atoms with Gasteiger partial charge in [0.2, 0.25) is 5.91 Å². The van der Waals surface area contributed by atoms with E-state index in [4.69, 9.17) is 0 Å². The maximum Gasteiger partial charge on any atom is 0.322 e. The first-order valence-corrected chi connectivity index (χ1v) is 8.85. The van der Waals surface area contributed by atoms with E-state index in [1.165, 1.54) is 28.2 Å². The van der Waals surface area contributed by atoms with Crippen LogP contribution in [0.1, 0.15) is 29.2 Å². The first kappa shape index (κ1) is 16.6. The van der Waals surface area contributed by atoms with Gasteiger partial charge in [-0.25, -0.2) is 9.18 Å². The van der Waals surface area contributed by atoms with Crippen molar-refractivity contribution in [2.75, 3.05) is 18.4 Å². The van der Waals surface area contributed by atoms with Gasteiger partial charge in [0.15, 0.2) is 0 Å². The van der Waals surface area contributed by atoms with Crippen molar-refractivity contribution in [1.29, 1.82) is 0 Å². The number of piperazine rings is 1. The van der Waals surface area contributed by atoms with Gasteiger partial charge in [0, 0.05) is 18.8 Å². The van der Waals surface area contributed by atoms with Crippen LogP contribution in [-0.2, 0) is 17.6 Å². The summed E-state index contributed by atoms with van der Waals surface area (Å²) in [7, 11) is 0. The van der Waals surface area contributed by atoms with Gasteiger partial charge in [0.05, 0.1) is 0 Å². The Morgan fingerprint density at radius 2 is 2.04 bits per heavy atom. The maximum absolute atomic E-state index is 13.6. The molecule has 1 atom stereocenters. The first-order chi connectivity index (χ1) is 12.6. The van der Waals surface area contributed by atoms with Gasteiger partial charge in [-0.05, 0) is 54.2 Å². The van der Waals surface area contributed by atoms with E-state index in [0.29, 0.717) is 18.7 Å². The minimum atomic E-state index is -0.837. The molecule has 0 saturated carbocycles. The molecule has 2 aromatic rings. The summed E-state index contributed by atoms with van der Waals surface area (Å²) >= 11 is 0. The van der Waals surface area contributed by atoms with E-state index in [0.717, 1.165) is 24.9 Å². The van der Waals surface area contributed by atoms with Gasteiger partial charge in [-0.15, -0.1) is 0 Å². The second kappa shape index (κ2) is 6.78. The predicted molar refractivity (Wildman–Crippen MR) is 96.3 cm³/mol. The third kappa shape index (κ3) is 3.03. The van der Waals surface area contributed by atoms with E-state index >= 15 is 0 Å². The van der Waals surface area contributed by atoms with Crippen LogP contribution in [0.3, 0.4) is 0 Å². The minimum absolute atomic E-state index is 0.296. The molecule has 2 aromatic carbocycles. The minimum Gasteiger partial charge on any atom is -0.352 e. The van der Waals surface area contributed by atoms with Crippen molar-refractivity contribution in [3.63, 3.8) is 0 Å². The summed E-state index contributed by atoms with van der Waals surface area (Å²) < 4.78 is 13.6. The highest BCUT2D eigenvalue weighted by Gasteiger charge is 2.35. The summed E-state index contributed by atoms with van der Waals surface area (Å²) in [6, 6.07) is 10.6. The van der Waals surface area contributed by atoms with Crippen molar-refractivity contribution in [3.8, 4) is 0 Å². The number of fused-ring (bicyclic) bond motifs is 1. The van der Waals surface area contributed by atoms with Gasteiger partial charge in [-0.1, -0.05) is 24.3 Å². The summed E-state index contributed by atoms with van der Waals surface area (Å²) in [6.45, 7) is 0.749. The zero-order valence-corrected chi connectivity index (χ0v) is 14.3. The number of aryl methyl sites for hydroxylation is 1. The van der Waals surface area contributed by atoms with Crippen LogP contribution in [0.2, 0.25) is 0 Å². The van der Waals surface area contributed by atoms with E-state index in [9.17, 15) is 14.0 Å². The Hall–Kier alpha value is -2.89. The fraction of sp³-hybridized carbons (Fsp3) is 0.300. The number of halogens is 1. The largest absolute Gasteiger partial charge is 0.352 e. The molecule has 0 spiro atoms. The lowest BCUT2D eigenvalue weighted by atomic mass is 10.0. The van der Waals surface area contributed by atoms with Crippen molar-refractivity contribution < 1.29 is 14.0 Å². The lowest BCUT2D eigenvalue weighted by Crippen LogP contribution is -2.53. The molecule has 26 heavy (non-hydrogen) atoms. The third-order valence-corrected chi connectivity index (χ3v) is 5.02. The highest BCUT2D eigenvalue weighted by Crippen LogP contribution is 2.30. The molecule has 2 N–H and O–H groups in total. The standard InChI is InChI=1S/C20H20FN3O2/c21-15-7-1-6-14(12-15)18-19(25)22-10-11-24(18)20(26)23-17-9-3-5-13-4-2-8-16(13)17/h1,3,5-7,9,12,18H,2,4,8,10-11H2,(H,22,25)(H,23,26)/t18-/m0/s1. The molecule has 0 radical (unpaired) electrons. The van der Waals surface area contributed by atoms with Crippen molar-refractivity contribution in [1.82, 2.24) is 10.2 Å². The molecule has 0 aromatic heterocycles. The second-order valence-electron chi connectivity index (χ2n) is 6.67. The van der Waals surface area contributed by atoms with Crippen LogP contribution in [0.15, 0.2) is 42.5 Å². The number of amides is 3. The Bertz CT molecular complexity index is 868. The van der Waals surface area contributed by atoms with Crippen LogP contribution in [0.5, 0.6) is 0 Å². The Labute approximate surface area is 151 Å². The van der Waals surface area contributed by atoms with E-state index < -0.39 is 11.9 Å². The second-order valence-corrected chi connectivity index (χ2v) is 6.67. The van der Waals surface area contributed by atoms with Gasteiger partial charge in [-0.2, -0.15) is 0 Å². The van der Waals surface area contributed by atoms with Crippen molar-refractivity contribution in [2.24, 2.45) is 0 Å². The molecule has 0 unspecified atom stereocenters. The zero-order chi connectivity index (χ0) is 18.1. The van der Waals surface area contributed by atoms with Crippen LogP contribution in [0.4, 0.5) is 14.9 Å². The molecular formula is C20H20FN3O2. The summed E-state index contributed by atoms with van der Waals surface area (Å²) in [5.41, 5.74) is 3.70. The smallest absolute Gasteiger partial charge is 0.322 e. The highest BCUT2D eigenvalue weighted by atomic mass is 19.1. The van der Waals surface area contributed by atoms with Crippen molar-refractivity contribution >= 4 is 17.6 Å². The average molecular weight is 353 g/mol. The molecule has 1 aliphatic carbocycles. The number of rotatable bonds is 2. The number of carbonyl (C=O) groups excluding carboxylic acids is 2. The molecule has 1 fully saturated rings. The highest BCUT2D eigenvalue weighted by molar-refractivity contribution is 5.95. The van der Waals surface area contributed by atoms with Crippen LogP contribution in [-0.4, -0.2) is 29.9 Å². The number of nitrogens with one attached hydrogen (secondary N) is 2. The maximum atomic E-state index is 13.6. The van der Waals surface area contributed by atoms with Gasteiger partial charge < -0.3 is 15.5 Å². The molecule has 5 nitrogen and oxygen atoms in total. The predicted octanol–water partition coefficient (Wildman–Crippen LogP) is 3.02. The van der Waals surface area contributed by atoms with Crippen LogP contribution in [0, 0.1) is 5.82 Å². The van der Waals surface area contributed by atoms with Gasteiger partial charge >= 0.3 is 6.03 Å². The first-order valence-electron chi connectivity index (χ1n) is 8.85. The molecule has 134 valence electrons. The van der Waals surface area contributed by atoms with E-state index in [2.05, 4.69) is 16.7 Å². The molecule has 4 rings (SSSR count). The molecule has 2 aliphatic rings. The topological polar surface area (TPSA) is 61.4 Å². The number of nitrogens with zero attached hydrogens (tertiary/aromatic N) is 1. The quantitative estimate of drug-likeness (QED) is 0.872.